The number of nitrogens with one attached hydrogen (secondary N) is 1. The third kappa shape index (κ3) is 3.21. The molecule has 6 nitrogen and oxygen atoms in total. The summed E-state index contributed by atoms with van der Waals surface area (Å²) in [6.45, 7) is 2.45. The molecule has 0 aliphatic rings. The van der Waals surface area contributed by atoms with Crippen LogP contribution in [0.5, 0.6) is 5.75 Å². The molecule has 1 aromatic heterocycles. The summed E-state index contributed by atoms with van der Waals surface area (Å²) in [6.07, 6.45) is 1.48. The van der Waals surface area contributed by atoms with Crippen LogP contribution in [0.2, 0.25) is 0 Å². The molecule has 21 heavy (non-hydrogen) atoms. The average molecular weight is 290 g/mol. The normalized spacial score (nSPS) is 12.1. The number of aromatic nitrogens is 1. The number of hydrogen-bond donors (Lipinski definition) is 1. The van der Waals surface area contributed by atoms with Crippen LogP contribution < -0.4 is 10.1 Å². The molecule has 0 aliphatic carbocycles. The van der Waals surface area contributed by atoms with Crippen LogP contribution in [-0.2, 0) is 9.59 Å². The Balaban J connectivity index is 2.43. The average Bonchev–Trinajstić information content (AvgIpc) is 2.91. The van der Waals surface area contributed by atoms with Crippen molar-refractivity contribution in [3.05, 3.63) is 23.9 Å². The van der Waals surface area contributed by atoms with Crippen molar-refractivity contribution in [3.8, 4) is 5.75 Å². The minimum Gasteiger partial charge on any atom is -0.494 e. The van der Waals surface area contributed by atoms with Crippen LogP contribution in [0.4, 0.5) is 0 Å². The summed E-state index contributed by atoms with van der Waals surface area (Å²) in [6, 6.07) is 5.36. The highest BCUT2D eigenvalue weighted by atomic mass is 16.5. The summed E-state index contributed by atoms with van der Waals surface area (Å²) in [7, 11) is 1.56. The molecular formula is C15H18N2O4. The van der Waals surface area contributed by atoms with Gasteiger partial charge in [0.25, 0.3) is 0 Å². The van der Waals surface area contributed by atoms with Crippen molar-refractivity contribution in [1.82, 2.24) is 10.5 Å². The molecule has 0 fully saturated rings. The quantitative estimate of drug-likeness (QED) is 0.789. The molecule has 1 aromatic carbocycles. The molecule has 1 heterocycles. The molecule has 0 radical (unpaired) electrons. The summed E-state index contributed by atoms with van der Waals surface area (Å²) in [5.74, 6) is -0.00677. The van der Waals surface area contributed by atoms with Gasteiger partial charge in [0.05, 0.1) is 12.5 Å². The number of ether oxygens (including phenoxy) is 1. The van der Waals surface area contributed by atoms with E-state index in [1.807, 2.05) is 13.0 Å². The van der Waals surface area contributed by atoms with E-state index in [9.17, 15) is 9.59 Å². The Kier molecular flexibility index (Phi) is 4.92. The number of likely N-dealkylation sites (N-methyl/N-ethyl adjacent to an activating group) is 1. The highest BCUT2D eigenvalue weighted by Crippen LogP contribution is 2.30. The smallest absolute Gasteiger partial charge is 0.229 e. The Hall–Kier alpha value is -2.37. The number of rotatable bonds is 7. The minimum atomic E-state index is -0.515. The lowest BCUT2D eigenvalue weighted by atomic mass is 9.96. The van der Waals surface area contributed by atoms with E-state index in [1.54, 1.807) is 19.2 Å². The lowest BCUT2D eigenvalue weighted by molar-refractivity contribution is -0.122. The number of amides is 1. The fraction of sp³-hybridized carbons (Fsp3) is 0.400. The van der Waals surface area contributed by atoms with Gasteiger partial charge in [-0.1, -0.05) is 5.16 Å². The van der Waals surface area contributed by atoms with Gasteiger partial charge in [0.2, 0.25) is 5.91 Å². The minimum absolute atomic E-state index is 0.186. The monoisotopic (exact) mass is 290 g/mol. The molecule has 1 unspecified atom stereocenters. The lowest BCUT2D eigenvalue weighted by Crippen LogP contribution is -2.26. The third-order valence-corrected chi connectivity index (χ3v) is 3.25. The Morgan fingerprint density at radius 1 is 1.52 bits per heavy atom. The molecule has 2 rings (SSSR count). The van der Waals surface area contributed by atoms with Crippen molar-refractivity contribution in [1.29, 1.82) is 0 Å². The summed E-state index contributed by atoms with van der Waals surface area (Å²) < 4.78 is 10.7. The van der Waals surface area contributed by atoms with E-state index in [4.69, 9.17) is 9.26 Å². The SMILES string of the molecule is CCOc1ccc2onc(C(CCC=O)C(=O)NC)c2c1. The van der Waals surface area contributed by atoms with E-state index in [2.05, 4.69) is 10.5 Å². The molecule has 0 saturated carbocycles. The van der Waals surface area contributed by atoms with Crippen molar-refractivity contribution >= 4 is 23.2 Å². The van der Waals surface area contributed by atoms with E-state index in [0.29, 0.717) is 30.1 Å². The lowest BCUT2D eigenvalue weighted by Gasteiger charge is -2.11. The van der Waals surface area contributed by atoms with Gasteiger partial charge >= 0.3 is 0 Å². The zero-order valence-corrected chi connectivity index (χ0v) is 12.1. The number of aldehydes is 1. The van der Waals surface area contributed by atoms with Gasteiger partial charge in [-0.05, 0) is 31.5 Å². The Bertz CT molecular complexity index is 636. The van der Waals surface area contributed by atoms with Crippen LogP contribution in [-0.4, -0.2) is 31.0 Å². The first-order valence-corrected chi connectivity index (χ1v) is 6.88. The number of hydrogen-bond acceptors (Lipinski definition) is 5. The maximum Gasteiger partial charge on any atom is 0.229 e. The molecular weight excluding hydrogens is 272 g/mol. The van der Waals surface area contributed by atoms with Gasteiger partial charge < -0.3 is 19.4 Å². The molecule has 1 N–H and O–H groups in total. The first-order chi connectivity index (χ1) is 10.2. The van der Waals surface area contributed by atoms with Crippen molar-refractivity contribution in [2.24, 2.45) is 0 Å². The predicted molar refractivity (Wildman–Crippen MR) is 77.3 cm³/mol. The summed E-state index contributed by atoms with van der Waals surface area (Å²) in [5.41, 5.74) is 1.13. The molecule has 1 atom stereocenters. The van der Waals surface area contributed by atoms with E-state index < -0.39 is 5.92 Å². The Morgan fingerprint density at radius 3 is 3.00 bits per heavy atom. The molecule has 0 spiro atoms. The van der Waals surface area contributed by atoms with Crippen LogP contribution in [0.25, 0.3) is 11.0 Å². The maximum atomic E-state index is 12.0. The van der Waals surface area contributed by atoms with Crippen LogP contribution >= 0.6 is 0 Å². The zero-order valence-electron chi connectivity index (χ0n) is 12.1. The molecule has 112 valence electrons. The van der Waals surface area contributed by atoms with E-state index in [1.165, 1.54) is 0 Å². The number of carbonyl (C=O) groups is 2. The van der Waals surface area contributed by atoms with Gasteiger partial charge in [0.15, 0.2) is 5.58 Å². The van der Waals surface area contributed by atoms with E-state index in [-0.39, 0.29) is 12.3 Å². The summed E-state index contributed by atoms with van der Waals surface area (Å²) >= 11 is 0. The van der Waals surface area contributed by atoms with Gasteiger partial charge in [-0.2, -0.15) is 0 Å². The van der Waals surface area contributed by atoms with Gasteiger partial charge in [0, 0.05) is 18.9 Å². The number of fused-ring (bicyclic) bond motifs is 1. The van der Waals surface area contributed by atoms with Gasteiger partial charge in [-0.25, -0.2) is 0 Å². The summed E-state index contributed by atoms with van der Waals surface area (Å²) in [5, 5.41) is 7.35. The summed E-state index contributed by atoms with van der Waals surface area (Å²) in [4.78, 5) is 22.6. The topological polar surface area (TPSA) is 81.4 Å². The van der Waals surface area contributed by atoms with E-state index in [0.717, 1.165) is 11.7 Å². The molecule has 0 saturated heterocycles. The fourth-order valence-corrected chi connectivity index (χ4v) is 2.25. The maximum absolute atomic E-state index is 12.0. The first kappa shape index (κ1) is 15.0. The zero-order chi connectivity index (χ0) is 15.2. The van der Waals surface area contributed by atoms with Crippen LogP contribution in [0.1, 0.15) is 31.4 Å². The molecule has 1 amide bonds. The second-order valence-corrected chi connectivity index (χ2v) is 4.57. The Morgan fingerprint density at radius 2 is 2.33 bits per heavy atom. The number of carbonyl (C=O) groups excluding carboxylic acids is 2. The van der Waals surface area contributed by atoms with E-state index >= 15 is 0 Å². The predicted octanol–water partition coefficient (Wildman–Crippen LogP) is 2.04. The van der Waals surface area contributed by atoms with Crippen LogP contribution in [0, 0.1) is 0 Å². The van der Waals surface area contributed by atoms with Crippen LogP contribution in [0.3, 0.4) is 0 Å². The fourth-order valence-electron chi connectivity index (χ4n) is 2.25. The highest BCUT2D eigenvalue weighted by molar-refractivity contribution is 5.90. The van der Waals surface area contributed by atoms with Crippen molar-refractivity contribution in [3.63, 3.8) is 0 Å². The highest BCUT2D eigenvalue weighted by Gasteiger charge is 2.25. The largest absolute Gasteiger partial charge is 0.494 e. The molecule has 2 aromatic rings. The van der Waals surface area contributed by atoms with Gasteiger partial charge in [0.1, 0.15) is 17.7 Å². The van der Waals surface area contributed by atoms with Crippen LogP contribution in [0.15, 0.2) is 22.7 Å². The standard InChI is InChI=1S/C15H18N2O4/c1-3-20-10-6-7-13-12(9-10)14(17-21-13)11(5-4-8-18)15(19)16-2/h6-9,11H,3-5H2,1-2H3,(H,16,19). The Labute approximate surface area is 122 Å². The molecule has 0 bridgehead atoms. The second kappa shape index (κ2) is 6.88. The van der Waals surface area contributed by atoms with Gasteiger partial charge in [-0.15, -0.1) is 0 Å². The number of nitrogens with zero attached hydrogens (tertiary/aromatic N) is 1. The number of benzene rings is 1. The van der Waals surface area contributed by atoms with Crippen molar-refractivity contribution in [2.45, 2.75) is 25.7 Å². The van der Waals surface area contributed by atoms with Crippen molar-refractivity contribution in [2.75, 3.05) is 13.7 Å². The molecule has 0 aliphatic heterocycles. The third-order valence-electron chi connectivity index (χ3n) is 3.25. The van der Waals surface area contributed by atoms with Gasteiger partial charge in [-0.3, -0.25) is 4.79 Å². The molecule has 6 heteroatoms. The van der Waals surface area contributed by atoms with Crippen molar-refractivity contribution < 1.29 is 18.8 Å². The second-order valence-electron chi connectivity index (χ2n) is 4.57. The first-order valence-electron chi connectivity index (χ1n) is 6.88.